The van der Waals surface area contributed by atoms with Gasteiger partial charge >= 0.3 is 0 Å². The van der Waals surface area contributed by atoms with Gasteiger partial charge in [-0.15, -0.1) is 0 Å². The second kappa shape index (κ2) is 6.26. The molecule has 4 N–H and O–H groups in total. The first-order valence-electron chi connectivity index (χ1n) is 6.62. The van der Waals surface area contributed by atoms with Gasteiger partial charge in [-0.2, -0.15) is 0 Å². The van der Waals surface area contributed by atoms with Gasteiger partial charge in [0.25, 0.3) is 5.91 Å². The Balaban J connectivity index is 2.26. The van der Waals surface area contributed by atoms with Crippen molar-refractivity contribution in [2.45, 2.75) is 31.7 Å². The first-order chi connectivity index (χ1) is 9.47. The van der Waals surface area contributed by atoms with Crippen LogP contribution in [-0.2, 0) is 4.79 Å². The molecule has 108 valence electrons. The number of amides is 2. The molecule has 0 aromatic heterocycles. The summed E-state index contributed by atoms with van der Waals surface area (Å²) in [5, 5.41) is 0. The number of anilines is 1. The van der Waals surface area contributed by atoms with Gasteiger partial charge in [0, 0.05) is 21.8 Å². The minimum Gasteiger partial charge on any atom is -0.399 e. The summed E-state index contributed by atoms with van der Waals surface area (Å²) in [6, 6.07) is 5.15. The maximum absolute atomic E-state index is 12.6. The van der Waals surface area contributed by atoms with Crippen molar-refractivity contribution in [1.82, 2.24) is 4.90 Å². The maximum Gasteiger partial charge on any atom is 0.254 e. The molecule has 1 aliphatic rings. The van der Waals surface area contributed by atoms with E-state index in [1.54, 1.807) is 23.1 Å². The van der Waals surface area contributed by atoms with E-state index in [9.17, 15) is 9.59 Å². The Bertz CT molecular complexity index is 507. The highest BCUT2D eigenvalue weighted by Crippen LogP contribution is 2.26. The van der Waals surface area contributed by atoms with Crippen molar-refractivity contribution in [1.29, 1.82) is 0 Å². The largest absolute Gasteiger partial charge is 0.399 e. The summed E-state index contributed by atoms with van der Waals surface area (Å²) in [5.41, 5.74) is 12.0. The van der Waals surface area contributed by atoms with Crippen LogP contribution in [0, 0.1) is 0 Å². The molecule has 1 aromatic rings. The van der Waals surface area contributed by atoms with Crippen molar-refractivity contribution < 1.29 is 9.59 Å². The number of halogens is 1. The van der Waals surface area contributed by atoms with Crippen LogP contribution in [0.25, 0.3) is 0 Å². The Morgan fingerprint density at radius 3 is 2.45 bits per heavy atom. The van der Waals surface area contributed by atoms with Crippen LogP contribution in [0.5, 0.6) is 0 Å². The Labute approximate surface area is 126 Å². The van der Waals surface area contributed by atoms with Gasteiger partial charge in [-0.1, -0.05) is 28.8 Å². The monoisotopic (exact) mass is 339 g/mol. The molecule has 1 fully saturated rings. The molecule has 0 unspecified atom stereocenters. The third-order valence-corrected chi connectivity index (χ3v) is 3.98. The van der Waals surface area contributed by atoms with E-state index in [2.05, 4.69) is 15.9 Å². The molecule has 1 aromatic carbocycles. The molecule has 0 heterocycles. The molecule has 0 saturated heterocycles. The molecule has 2 amide bonds. The van der Waals surface area contributed by atoms with Crippen LogP contribution in [-0.4, -0.2) is 29.3 Å². The number of hydrogen-bond acceptors (Lipinski definition) is 3. The summed E-state index contributed by atoms with van der Waals surface area (Å²) in [7, 11) is 0. The Morgan fingerprint density at radius 2 is 1.90 bits per heavy atom. The number of carbonyl (C=O) groups is 2. The van der Waals surface area contributed by atoms with Crippen molar-refractivity contribution in [2.24, 2.45) is 5.73 Å². The Hall–Kier alpha value is -1.56. The number of primary amides is 1. The molecule has 1 saturated carbocycles. The molecule has 0 radical (unpaired) electrons. The van der Waals surface area contributed by atoms with Gasteiger partial charge in [-0.3, -0.25) is 9.59 Å². The van der Waals surface area contributed by atoms with Crippen LogP contribution in [0.1, 0.15) is 36.0 Å². The standard InChI is InChI=1S/C14H18BrN3O2/c15-10-5-9(6-11(16)7-10)14(20)18(8-13(17)19)12-3-1-2-4-12/h5-7,12H,1-4,8,16H2,(H2,17,19). The summed E-state index contributed by atoms with van der Waals surface area (Å²) >= 11 is 3.32. The second-order valence-electron chi connectivity index (χ2n) is 5.11. The number of rotatable bonds is 4. The van der Waals surface area contributed by atoms with Gasteiger partial charge in [0.15, 0.2) is 0 Å². The summed E-state index contributed by atoms with van der Waals surface area (Å²) in [6.45, 7) is -0.0457. The zero-order valence-electron chi connectivity index (χ0n) is 11.1. The minimum atomic E-state index is -0.492. The zero-order valence-corrected chi connectivity index (χ0v) is 12.7. The molecule has 0 atom stereocenters. The maximum atomic E-state index is 12.6. The lowest BCUT2D eigenvalue weighted by atomic mass is 10.1. The summed E-state index contributed by atoms with van der Waals surface area (Å²) in [6.07, 6.45) is 3.99. The molecule has 2 rings (SSSR count). The van der Waals surface area contributed by atoms with Gasteiger partial charge in [0.05, 0.1) is 6.54 Å². The van der Waals surface area contributed by atoms with Gasteiger partial charge in [0.1, 0.15) is 0 Å². The summed E-state index contributed by atoms with van der Waals surface area (Å²) in [4.78, 5) is 25.4. The summed E-state index contributed by atoms with van der Waals surface area (Å²) in [5.74, 6) is -0.683. The summed E-state index contributed by atoms with van der Waals surface area (Å²) < 4.78 is 0.742. The van der Waals surface area contributed by atoms with Crippen molar-refractivity contribution in [3.05, 3.63) is 28.2 Å². The van der Waals surface area contributed by atoms with E-state index < -0.39 is 5.91 Å². The van der Waals surface area contributed by atoms with E-state index in [0.29, 0.717) is 11.3 Å². The lowest BCUT2D eigenvalue weighted by Crippen LogP contribution is -2.44. The fourth-order valence-electron chi connectivity index (χ4n) is 2.65. The smallest absolute Gasteiger partial charge is 0.254 e. The predicted octanol–water partition coefficient (Wildman–Crippen LogP) is 1.90. The third-order valence-electron chi connectivity index (χ3n) is 3.52. The highest BCUT2D eigenvalue weighted by Gasteiger charge is 2.28. The average Bonchev–Trinajstić information content (AvgIpc) is 2.87. The highest BCUT2D eigenvalue weighted by atomic mass is 79.9. The van der Waals surface area contributed by atoms with Crippen LogP contribution < -0.4 is 11.5 Å². The number of hydrogen-bond donors (Lipinski definition) is 2. The number of nitrogens with zero attached hydrogens (tertiary/aromatic N) is 1. The van der Waals surface area contributed by atoms with Crippen molar-refractivity contribution in [2.75, 3.05) is 12.3 Å². The first-order valence-corrected chi connectivity index (χ1v) is 7.42. The molecular weight excluding hydrogens is 322 g/mol. The van der Waals surface area contributed by atoms with Crippen LogP contribution in [0.15, 0.2) is 22.7 Å². The lowest BCUT2D eigenvalue weighted by molar-refractivity contribution is -0.119. The molecule has 20 heavy (non-hydrogen) atoms. The van der Waals surface area contributed by atoms with Crippen molar-refractivity contribution >= 4 is 33.4 Å². The highest BCUT2D eigenvalue weighted by molar-refractivity contribution is 9.10. The second-order valence-corrected chi connectivity index (χ2v) is 6.03. The van der Waals surface area contributed by atoms with Gasteiger partial charge in [-0.05, 0) is 31.0 Å². The first kappa shape index (κ1) is 14.8. The van der Waals surface area contributed by atoms with Gasteiger partial charge in [-0.25, -0.2) is 0 Å². The third kappa shape index (κ3) is 3.50. The quantitative estimate of drug-likeness (QED) is 0.821. The molecule has 6 heteroatoms. The van der Waals surface area contributed by atoms with E-state index in [0.717, 1.165) is 30.2 Å². The molecular formula is C14H18BrN3O2. The van der Waals surface area contributed by atoms with Crippen LogP contribution in [0.4, 0.5) is 5.69 Å². The number of carbonyl (C=O) groups excluding carboxylic acids is 2. The lowest BCUT2D eigenvalue weighted by Gasteiger charge is -2.28. The zero-order chi connectivity index (χ0) is 14.7. The van der Waals surface area contributed by atoms with Crippen LogP contribution in [0.2, 0.25) is 0 Å². The Kier molecular flexibility index (Phi) is 4.65. The fraction of sp³-hybridized carbons (Fsp3) is 0.429. The van der Waals surface area contributed by atoms with E-state index in [1.165, 1.54) is 0 Å². The predicted molar refractivity (Wildman–Crippen MR) is 81.0 cm³/mol. The van der Waals surface area contributed by atoms with E-state index in [4.69, 9.17) is 11.5 Å². The normalized spacial score (nSPS) is 15.2. The van der Waals surface area contributed by atoms with Gasteiger partial charge in [0.2, 0.25) is 5.91 Å². The van der Waals surface area contributed by atoms with Crippen molar-refractivity contribution in [3.8, 4) is 0 Å². The SMILES string of the molecule is NC(=O)CN(C(=O)c1cc(N)cc(Br)c1)C1CCCC1. The molecule has 0 aliphatic heterocycles. The molecule has 1 aliphatic carbocycles. The number of nitrogens with two attached hydrogens (primary N) is 2. The molecule has 5 nitrogen and oxygen atoms in total. The number of nitrogen functional groups attached to an aromatic ring is 1. The van der Waals surface area contributed by atoms with E-state index in [1.807, 2.05) is 0 Å². The topological polar surface area (TPSA) is 89.4 Å². The molecule has 0 bridgehead atoms. The minimum absolute atomic E-state index is 0.0457. The van der Waals surface area contributed by atoms with E-state index >= 15 is 0 Å². The average molecular weight is 340 g/mol. The fourth-order valence-corrected chi connectivity index (χ4v) is 3.16. The van der Waals surface area contributed by atoms with E-state index in [-0.39, 0.29) is 18.5 Å². The van der Waals surface area contributed by atoms with Crippen LogP contribution >= 0.6 is 15.9 Å². The van der Waals surface area contributed by atoms with Crippen LogP contribution in [0.3, 0.4) is 0 Å². The molecule has 0 spiro atoms. The number of benzene rings is 1. The van der Waals surface area contributed by atoms with Crippen molar-refractivity contribution in [3.63, 3.8) is 0 Å². The Morgan fingerprint density at radius 1 is 1.25 bits per heavy atom. The van der Waals surface area contributed by atoms with Gasteiger partial charge < -0.3 is 16.4 Å².